The SMILES string of the molecule is CCc1ccccc1OCCC(=O)NN. The highest BCUT2D eigenvalue weighted by Crippen LogP contribution is 2.18. The first-order valence-electron chi connectivity index (χ1n) is 4.98. The predicted molar refractivity (Wildman–Crippen MR) is 58.3 cm³/mol. The van der Waals surface area contributed by atoms with Gasteiger partial charge in [0.15, 0.2) is 0 Å². The summed E-state index contributed by atoms with van der Waals surface area (Å²) in [4.78, 5) is 10.8. The molecule has 0 aromatic heterocycles. The Bertz CT molecular complexity index is 326. The van der Waals surface area contributed by atoms with Crippen LogP contribution in [0.15, 0.2) is 24.3 Å². The average molecular weight is 208 g/mol. The van der Waals surface area contributed by atoms with Gasteiger partial charge in [0.1, 0.15) is 5.75 Å². The molecule has 4 heteroatoms. The number of ether oxygens (including phenoxy) is 1. The van der Waals surface area contributed by atoms with Gasteiger partial charge in [-0.25, -0.2) is 5.84 Å². The summed E-state index contributed by atoms with van der Waals surface area (Å²) >= 11 is 0. The molecule has 3 N–H and O–H groups in total. The van der Waals surface area contributed by atoms with E-state index in [1.165, 1.54) is 0 Å². The second-order valence-electron chi connectivity index (χ2n) is 3.13. The number of nitrogens with one attached hydrogen (secondary N) is 1. The molecule has 0 bridgehead atoms. The monoisotopic (exact) mass is 208 g/mol. The van der Waals surface area contributed by atoms with E-state index in [2.05, 4.69) is 12.3 Å². The highest BCUT2D eigenvalue weighted by atomic mass is 16.5. The number of rotatable bonds is 5. The minimum absolute atomic E-state index is 0.219. The Morgan fingerprint density at radius 1 is 1.47 bits per heavy atom. The number of benzene rings is 1. The maximum absolute atomic E-state index is 10.8. The Balaban J connectivity index is 2.46. The third kappa shape index (κ3) is 3.59. The van der Waals surface area contributed by atoms with Crippen molar-refractivity contribution in [3.05, 3.63) is 29.8 Å². The minimum atomic E-state index is -0.219. The molecular weight excluding hydrogens is 192 g/mol. The molecule has 0 aliphatic carbocycles. The van der Waals surface area contributed by atoms with E-state index in [0.717, 1.165) is 17.7 Å². The highest BCUT2D eigenvalue weighted by Gasteiger charge is 2.02. The Morgan fingerprint density at radius 3 is 2.87 bits per heavy atom. The molecule has 82 valence electrons. The standard InChI is InChI=1S/C11H16N2O2/c1-2-9-5-3-4-6-10(9)15-8-7-11(14)13-12/h3-6H,2,7-8,12H2,1H3,(H,13,14). The number of hydrazine groups is 1. The maximum atomic E-state index is 10.8. The van der Waals surface area contributed by atoms with Crippen LogP contribution in [0.4, 0.5) is 0 Å². The third-order valence-electron chi connectivity index (χ3n) is 2.10. The molecule has 0 fully saturated rings. The first-order valence-corrected chi connectivity index (χ1v) is 4.98. The van der Waals surface area contributed by atoms with E-state index < -0.39 is 0 Å². The molecule has 1 amide bonds. The summed E-state index contributed by atoms with van der Waals surface area (Å²) in [6, 6.07) is 7.80. The van der Waals surface area contributed by atoms with Gasteiger partial charge in [-0.1, -0.05) is 25.1 Å². The van der Waals surface area contributed by atoms with Gasteiger partial charge >= 0.3 is 0 Å². The maximum Gasteiger partial charge on any atom is 0.237 e. The van der Waals surface area contributed by atoms with Crippen LogP contribution in [0.25, 0.3) is 0 Å². The van der Waals surface area contributed by atoms with Crippen LogP contribution in [0.1, 0.15) is 18.9 Å². The highest BCUT2D eigenvalue weighted by molar-refractivity contribution is 5.75. The molecule has 4 nitrogen and oxygen atoms in total. The topological polar surface area (TPSA) is 64.3 Å². The summed E-state index contributed by atoms with van der Waals surface area (Å²) in [6.07, 6.45) is 1.19. The Labute approximate surface area is 89.4 Å². The number of carbonyl (C=O) groups excluding carboxylic acids is 1. The molecule has 0 atom stereocenters. The summed E-state index contributed by atoms with van der Waals surface area (Å²) in [5, 5.41) is 0. The fourth-order valence-electron chi connectivity index (χ4n) is 1.26. The van der Waals surface area contributed by atoms with Crippen molar-refractivity contribution in [3.8, 4) is 5.75 Å². The third-order valence-corrected chi connectivity index (χ3v) is 2.10. The summed E-state index contributed by atoms with van der Waals surface area (Å²) in [5.74, 6) is 5.57. The fourth-order valence-corrected chi connectivity index (χ4v) is 1.26. The van der Waals surface area contributed by atoms with Crippen LogP contribution in [0.3, 0.4) is 0 Å². The van der Waals surface area contributed by atoms with Crippen molar-refractivity contribution < 1.29 is 9.53 Å². The van der Waals surface area contributed by atoms with Crippen LogP contribution in [0.5, 0.6) is 5.75 Å². The largest absolute Gasteiger partial charge is 0.493 e. The van der Waals surface area contributed by atoms with Crippen LogP contribution in [0.2, 0.25) is 0 Å². The van der Waals surface area contributed by atoms with Crippen molar-refractivity contribution >= 4 is 5.91 Å². The lowest BCUT2D eigenvalue weighted by Gasteiger charge is -2.09. The number of hydrogen-bond donors (Lipinski definition) is 2. The lowest BCUT2D eigenvalue weighted by molar-refractivity contribution is -0.121. The minimum Gasteiger partial charge on any atom is -0.493 e. The molecule has 1 aromatic carbocycles. The van der Waals surface area contributed by atoms with Crippen LogP contribution >= 0.6 is 0 Å². The first-order chi connectivity index (χ1) is 7.27. The molecule has 15 heavy (non-hydrogen) atoms. The van der Waals surface area contributed by atoms with Crippen LogP contribution in [-0.4, -0.2) is 12.5 Å². The summed E-state index contributed by atoms with van der Waals surface area (Å²) in [6.45, 7) is 2.41. The van der Waals surface area contributed by atoms with Crippen molar-refractivity contribution in [1.82, 2.24) is 5.43 Å². The lowest BCUT2D eigenvalue weighted by Crippen LogP contribution is -2.31. The number of amides is 1. The second kappa shape index (κ2) is 6.03. The van der Waals surface area contributed by atoms with Gasteiger partial charge in [0.2, 0.25) is 5.91 Å². The van der Waals surface area contributed by atoms with Crippen molar-refractivity contribution in [3.63, 3.8) is 0 Å². The second-order valence-corrected chi connectivity index (χ2v) is 3.13. The Hall–Kier alpha value is -1.55. The Kier molecular flexibility index (Phi) is 4.63. The van der Waals surface area contributed by atoms with Gasteiger partial charge in [-0.15, -0.1) is 0 Å². The van der Waals surface area contributed by atoms with Gasteiger partial charge in [0.05, 0.1) is 13.0 Å². The van der Waals surface area contributed by atoms with Crippen molar-refractivity contribution in [2.24, 2.45) is 5.84 Å². The first kappa shape index (κ1) is 11.5. The van der Waals surface area contributed by atoms with E-state index in [4.69, 9.17) is 10.6 Å². The van der Waals surface area contributed by atoms with E-state index in [1.807, 2.05) is 24.3 Å². The molecule has 0 saturated heterocycles. The van der Waals surface area contributed by atoms with Crippen LogP contribution in [-0.2, 0) is 11.2 Å². The van der Waals surface area contributed by atoms with Gasteiger partial charge in [-0.3, -0.25) is 10.2 Å². The molecule has 0 spiro atoms. The summed E-state index contributed by atoms with van der Waals surface area (Å²) < 4.78 is 5.48. The molecule has 1 rings (SSSR count). The number of para-hydroxylation sites is 1. The molecule has 0 aliphatic rings. The molecule has 0 unspecified atom stereocenters. The molecule has 0 aliphatic heterocycles. The van der Waals surface area contributed by atoms with Gasteiger partial charge in [-0.05, 0) is 18.1 Å². The van der Waals surface area contributed by atoms with Crippen molar-refractivity contribution in [2.45, 2.75) is 19.8 Å². The van der Waals surface area contributed by atoms with Gasteiger partial charge in [0.25, 0.3) is 0 Å². The molecule has 1 aromatic rings. The zero-order valence-corrected chi connectivity index (χ0v) is 8.82. The van der Waals surface area contributed by atoms with E-state index in [9.17, 15) is 4.79 Å². The van der Waals surface area contributed by atoms with Crippen LogP contribution < -0.4 is 16.0 Å². The normalized spacial score (nSPS) is 9.73. The number of nitrogens with two attached hydrogens (primary N) is 1. The molecular formula is C11H16N2O2. The van der Waals surface area contributed by atoms with Gasteiger partial charge in [-0.2, -0.15) is 0 Å². The van der Waals surface area contributed by atoms with E-state index in [0.29, 0.717) is 6.61 Å². The number of carbonyl (C=O) groups is 1. The van der Waals surface area contributed by atoms with Crippen molar-refractivity contribution in [2.75, 3.05) is 6.61 Å². The predicted octanol–water partition coefficient (Wildman–Crippen LogP) is 1.01. The van der Waals surface area contributed by atoms with E-state index in [-0.39, 0.29) is 12.3 Å². The smallest absolute Gasteiger partial charge is 0.237 e. The fraction of sp³-hybridized carbons (Fsp3) is 0.364. The number of hydrogen-bond acceptors (Lipinski definition) is 3. The molecule has 0 heterocycles. The average Bonchev–Trinajstić information content (AvgIpc) is 2.29. The molecule has 0 saturated carbocycles. The zero-order chi connectivity index (χ0) is 11.1. The van der Waals surface area contributed by atoms with E-state index in [1.54, 1.807) is 0 Å². The summed E-state index contributed by atoms with van der Waals surface area (Å²) in [7, 11) is 0. The quantitative estimate of drug-likeness (QED) is 0.431. The van der Waals surface area contributed by atoms with Gasteiger partial charge in [0, 0.05) is 0 Å². The van der Waals surface area contributed by atoms with Crippen LogP contribution in [0, 0.1) is 0 Å². The van der Waals surface area contributed by atoms with E-state index >= 15 is 0 Å². The van der Waals surface area contributed by atoms with Gasteiger partial charge < -0.3 is 4.74 Å². The van der Waals surface area contributed by atoms with Crippen molar-refractivity contribution in [1.29, 1.82) is 0 Å². The number of aryl methyl sites for hydroxylation is 1. The lowest BCUT2D eigenvalue weighted by atomic mass is 10.1. The molecule has 0 radical (unpaired) electrons. The zero-order valence-electron chi connectivity index (χ0n) is 8.82. The summed E-state index contributed by atoms with van der Waals surface area (Å²) in [5.41, 5.74) is 3.21. The Morgan fingerprint density at radius 2 is 2.20 bits per heavy atom.